The number of halogens is 1. The van der Waals surface area contributed by atoms with Crippen LogP contribution in [0.3, 0.4) is 0 Å². The van der Waals surface area contributed by atoms with Crippen LogP contribution in [0.4, 0.5) is 0 Å². The Balaban J connectivity index is 1.63. The van der Waals surface area contributed by atoms with E-state index in [1.54, 1.807) is 0 Å². The fraction of sp³-hybridized carbons (Fsp3) is 0.842. The van der Waals surface area contributed by atoms with Crippen LogP contribution in [0.1, 0.15) is 50.8 Å². The minimum absolute atomic E-state index is 0.727. The molecule has 2 atom stereocenters. The molecule has 0 N–H and O–H groups in total. The summed E-state index contributed by atoms with van der Waals surface area (Å²) in [5.74, 6) is 1.64. The van der Waals surface area contributed by atoms with Crippen molar-refractivity contribution in [2.75, 3.05) is 26.2 Å². The minimum Gasteiger partial charge on any atom is -0.303 e. The Kier molecular flexibility index (Phi) is 5.89. The quantitative estimate of drug-likeness (QED) is 0.807. The maximum Gasteiger partial charge on any atom is 0.131 e. The highest BCUT2D eigenvalue weighted by molar-refractivity contribution is 6.30. The first-order valence-electron chi connectivity index (χ1n) is 9.60. The third-order valence-electron chi connectivity index (χ3n) is 5.92. The van der Waals surface area contributed by atoms with Gasteiger partial charge in [0.1, 0.15) is 5.15 Å². The van der Waals surface area contributed by atoms with E-state index in [0.29, 0.717) is 0 Å². The van der Waals surface area contributed by atoms with E-state index < -0.39 is 0 Å². The van der Waals surface area contributed by atoms with Crippen LogP contribution < -0.4 is 0 Å². The molecule has 24 heavy (non-hydrogen) atoms. The van der Waals surface area contributed by atoms with Gasteiger partial charge in [0.25, 0.3) is 0 Å². The average Bonchev–Trinajstić information content (AvgIpc) is 2.79. The minimum atomic E-state index is 0.727. The van der Waals surface area contributed by atoms with E-state index in [-0.39, 0.29) is 0 Å². The van der Waals surface area contributed by atoms with Gasteiger partial charge in [0, 0.05) is 31.7 Å². The Morgan fingerprint density at radius 2 is 2.04 bits per heavy atom. The second-order valence-electron chi connectivity index (χ2n) is 8.19. The predicted octanol–water partition coefficient (Wildman–Crippen LogP) is 3.71. The molecule has 2 aliphatic rings. The molecule has 2 saturated heterocycles. The molecule has 1 aromatic heterocycles. The lowest BCUT2D eigenvalue weighted by Gasteiger charge is -2.47. The van der Waals surface area contributed by atoms with Crippen molar-refractivity contribution in [3.05, 3.63) is 16.4 Å². The fourth-order valence-corrected chi connectivity index (χ4v) is 4.71. The van der Waals surface area contributed by atoms with Gasteiger partial charge >= 0.3 is 0 Å². The van der Waals surface area contributed by atoms with Crippen LogP contribution in [0.15, 0.2) is 0 Å². The van der Waals surface area contributed by atoms with Crippen molar-refractivity contribution in [1.82, 2.24) is 19.6 Å². The maximum atomic E-state index is 6.47. The van der Waals surface area contributed by atoms with Crippen molar-refractivity contribution < 1.29 is 0 Å². The molecule has 0 saturated carbocycles. The second-order valence-corrected chi connectivity index (χ2v) is 8.55. The molecule has 1 aromatic rings. The number of aromatic nitrogens is 2. The molecular weight excluding hydrogens is 320 g/mol. The van der Waals surface area contributed by atoms with Gasteiger partial charge in [-0.05, 0) is 64.1 Å². The number of likely N-dealkylation sites (tertiary alicyclic amines) is 2. The SMILES string of the molecule is Cc1nn(C)c(Cl)c1CN1CCC[C@@H]2CN(CCC(C)C)CC[C@H]21. The van der Waals surface area contributed by atoms with Crippen molar-refractivity contribution >= 4 is 11.6 Å². The molecule has 4 nitrogen and oxygen atoms in total. The molecule has 0 amide bonds. The summed E-state index contributed by atoms with van der Waals surface area (Å²) in [4.78, 5) is 5.39. The van der Waals surface area contributed by atoms with Crippen LogP contribution >= 0.6 is 11.6 Å². The van der Waals surface area contributed by atoms with Gasteiger partial charge in [0.05, 0.1) is 5.69 Å². The highest BCUT2D eigenvalue weighted by atomic mass is 35.5. The van der Waals surface area contributed by atoms with Crippen molar-refractivity contribution in [3.63, 3.8) is 0 Å². The van der Waals surface area contributed by atoms with E-state index in [0.717, 1.165) is 35.3 Å². The third kappa shape index (κ3) is 3.97. The first-order valence-corrected chi connectivity index (χ1v) is 9.98. The van der Waals surface area contributed by atoms with Gasteiger partial charge in [-0.1, -0.05) is 25.4 Å². The number of nitrogens with zero attached hydrogens (tertiary/aromatic N) is 4. The Morgan fingerprint density at radius 1 is 1.25 bits per heavy atom. The van der Waals surface area contributed by atoms with E-state index in [4.69, 9.17) is 11.6 Å². The first kappa shape index (κ1) is 18.2. The molecule has 0 bridgehead atoms. The number of rotatable bonds is 5. The summed E-state index contributed by atoms with van der Waals surface area (Å²) in [7, 11) is 1.94. The van der Waals surface area contributed by atoms with Gasteiger partial charge in [-0.25, -0.2) is 0 Å². The van der Waals surface area contributed by atoms with Crippen LogP contribution in [-0.4, -0.2) is 51.8 Å². The molecule has 0 spiro atoms. The largest absolute Gasteiger partial charge is 0.303 e. The monoisotopic (exact) mass is 352 g/mol. The van der Waals surface area contributed by atoms with E-state index in [1.807, 2.05) is 11.7 Å². The van der Waals surface area contributed by atoms with Crippen molar-refractivity contribution in [2.45, 2.75) is 59.0 Å². The average molecular weight is 353 g/mol. The molecule has 2 fully saturated rings. The molecule has 2 aliphatic heterocycles. The summed E-state index contributed by atoms with van der Waals surface area (Å²) in [5, 5.41) is 5.29. The van der Waals surface area contributed by atoms with Gasteiger partial charge < -0.3 is 4.90 Å². The summed E-state index contributed by atoms with van der Waals surface area (Å²) in [6, 6.07) is 0.727. The Morgan fingerprint density at radius 3 is 2.71 bits per heavy atom. The lowest BCUT2D eigenvalue weighted by Crippen LogP contribution is -2.53. The molecule has 136 valence electrons. The second kappa shape index (κ2) is 7.76. The normalized spacial score (nSPS) is 26.1. The van der Waals surface area contributed by atoms with Gasteiger partial charge in [-0.15, -0.1) is 0 Å². The maximum absolute atomic E-state index is 6.47. The molecule has 0 radical (unpaired) electrons. The zero-order chi connectivity index (χ0) is 17.3. The van der Waals surface area contributed by atoms with E-state index in [1.165, 1.54) is 57.4 Å². The number of hydrogen-bond acceptors (Lipinski definition) is 3. The fourth-order valence-electron chi connectivity index (χ4n) is 4.48. The van der Waals surface area contributed by atoms with E-state index >= 15 is 0 Å². The molecule has 3 rings (SSSR count). The predicted molar refractivity (Wildman–Crippen MR) is 100 cm³/mol. The van der Waals surface area contributed by atoms with Crippen LogP contribution in [0, 0.1) is 18.8 Å². The Hall–Kier alpha value is -0.580. The van der Waals surface area contributed by atoms with Crippen LogP contribution in [-0.2, 0) is 13.6 Å². The lowest BCUT2D eigenvalue weighted by atomic mass is 9.83. The van der Waals surface area contributed by atoms with Gasteiger partial charge in [-0.2, -0.15) is 5.10 Å². The zero-order valence-corrected chi connectivity index (χ0v) is 16.5. The molecule has 5 heteroatoms. The Bertz CT molecular complexity index is 554. The van der Waals surface area contributed by atoms with Crippen LogP contribution in [0.5, 0.6) is 0 Å². The molecule has 0 aliphatic carbocycles. The number of aryl methyl sites for hydroxylation is 2. The molecule has 0 aromatic carbocycles. The van der Waals surface area contributed by atoms with E-state index in [2.05, 4.69) is 35.7 Å². The summed E-state index contributed by atoms with van der Waals surface area (Å²) < 4.78 is 1.81. The van der Waals surface area contributed by atoms with Crippen LogP contribution in [0.25, 0.3) is 0 Å². The van der Waals surface area contributed by atoms with E-state index in [9.17, 15) is 0 Å². The van der Waals surface area contributed by atoms with Crippen molar-refractivity contribution in [2.24, 2.45) is 18.9 Å². The zero-order valence-electron chi connectivity index (χ0n) is 15.8. The topological polar surface area (TPSA) is 24.3 Å². The lowest BCUT2D eigenvalue weighted by molar-refractivity contribution is 0.0170. The van der Waals surface area contributed by atoms with Crippen molar-refractivity contribution in [1.29, 1.82) is 0 Å². The van der Waals surface area contributed by atoms with Gasteiger partial charge in [0.2, 0.25) is 0 Å². The summed E-state index contributed by atoms with van der Waals surface area (Å²) >= 11 is 6.47. The van der Waals surface area contributed by atoms with Gasteiger partial charge in [0.15, 0.2) is 0 Å². The van der Waals surface area contributed by atoms with Crippen LogP contribution in [0.2, 0.25) is 5.15 Å². The number of fused-ring (bicyclic) bond motifs is 1. The summed E-state index contributed by atoms with van der Waals surface area (Å²) in [5.41, 5.74) is 2.31. The molecular formula is C19H33ClN4. The van der Waals surface area contributed by atoms with Crippen molar-refractivity contribution in [3.8, 4) is 0 Å². The first-order chi connectivity index (χ1) is 11.5. The summed E-state index contributed by atoms with van der Waals surface area (Å²) in [6.07, 6.45) is 5.33. The van der Waals surface area contributed by atoms with Gasteiger partial charge in [-0.3, -0.25) is 9.58 Å². The molecule has 3 heterocycles. The highest BCUT2D eigenvalue weighted by Crippen LogP contribution is 2.33. The number of hydrogen-bond donors (Lipinski definition) is 0. The Labute approximate surface area is 152 Å². The molecule has 0 unspecified atom stereocenters. The summed E-state index contributed by atoms with van der Waals surface area (Å²) in [6.45, 7) is 12.7. The number of piperidine rings is 2. The standard InChI is InChI=1S/C19H33ClN4/c1-14(2)7-10-23-11-8-18-16(12-23)6-5-9-24(18)13-17-15(3)21-22(4)19(17)20/h14,16,18H,5-13H2,1-4H3/t16-,18-/m1/s1. The smallest absolute Gasteiger partial charge is 0.131 e. The third-order valence-corrected chi connectivity index (χ3v) is 6.39. The highest BCUT2D eigenvalue weighted by Gasteiger charge is 2.36.